The second-order valence-electron chi connectivity index (χ2n) is 6.98. The molecule has 142 valence electrons. The van der Waals surface area contributed by atoms with E-state index in [9.17, 15) is 14.7 Å². The van der Waals surface area contributed by atoms with E-state index < -0.39 is 11.9 Å². The van der Waals surface area contributed by atoms with Crippen molar-refractivity contribution < 1.29 is 19.4 Å². The molecule has 2 aromatic carbocycles. The minimum absolute atomic E-state index is 0.0638. The lowest BCUT2D eigenvalue weighted by molar-refractivity contribution is -0.141. The quantitative estimate of drug-likeness (QED) is 0.839. The van der Waals surface area contributed by atoms with Crippen molar-refractivity contribution >= 4 is 23.5 Å². The SMILES string of the molecule is CC(C)Oc1ccccc1C(=O)N1C[C@@H](C(=O)O)[C@H](c2ccc(Cl)cc2)C1. The molecule has 0 aliphatic carbocycles. The summed E-state index contributed by atoms with van der Waals surface area (Å²) in [5.74, 6) is -1.54. The van der Waals surface area contributed by atoms with Crippen LogP contribution in [0.2, 0.25) is 5.02 Å². The number of hydrogen-bond acceptors (Lipinski definition) is 3. The maximum atomic E-state index is 13.1. The third-order valence-corrected chi connectivity index (χ3v) is 4.95. The van der Waals surface area contributed by atoms with Crippen molar-refractivity contribution in [1.82, 2.24) is 4.90 Å². The predicted octanol–water partition coefficient (Wildman–Crippen LogP) is 4.07. The van der Waals surface area contributed by atoms with E-state index in [-0.39, 0.29) is 24.5 Å². The Bertz CT molecular complexity index is 834. The molecule has 1 heterocycles. The number of ether oxygens (including phenoxy) is 1. The number of aliphatic carboxylic acids is 1. The van der Waals surface area contributed by atoms with Crippen LogP contribution in [-0.2, 0) is 4.79 Å². The van der Waals surface area contributed by atoms with Crippen LogP contribution in [0.5, 0.6) is 5.75 Å². The van der Waals surface area contributed by atoms with E-state index in [1.54, 1.807) is 35.2 Å². The first-order chi connectivity index (χ1) is 12.9. The number of benzene rings is 2. The summed E-state index contributed by atoms with van der Waals surface area (Å²) in [7, 11) is 0. The zero-order chi connectivity index (χ0) is 19.6. The topological polar surface area (TPSA) is 66.8 Å². The molecule has 5 nitrogen and oxygen atoms in total. The predicted molar refractivity (Wildman–Crippen MR) is 103 cm³/mol. The minimum atomic E-state index is -0.906. The fraction of sp³-hybridized carbons (Fsp3) is 0.333. The van der Waals surface area contributed by atoms with E-state index >= 15 is 0 Å². The van der Waals surface area contributed by atoms with Crippen molar-refractivity contribution in [2.45, 2.75) is 25.9 Å². The van der Waals surface area contributed by atoms with Gasteiger partial charge in [0.25, 0.3) is 5.91 Å². The van der Waals surface area contributed by atoms with Crippen molar-refractivity contribution in [2.24, 2.45) is 5.92 Å². The molecule has 1 aliphatic heterocycles. The van der Waals surface area contributed by atoms with Gasteiger partial charge in [0.1, 0.15) is 5.75 Å². The molecule has 0 unspecified atom stereocenters. The Labute approximate surface area is 163 Å². The Balaban J connectivity index is 1.87. The average Bonchev–Trinajstić information content (AvgIpc) is 3.07. The first-order valence-corrected chi connectivity index (χ1v) is 9.28. The molecule has 27 heavy (non-hydrogen) atoms. The van der Waals surface area contributed by atoms with Crippen LogP contribution in [0.1, 0.15) is 35.7 Å². The third kappa shape index (κ3) is 4.25. The Morgan fingerprint density at radius 3 is 2.41 bits per heavy atom. The highest BCUT2D eigenvalue weighted by molar-refractivity contribution is 6.30. The highest BCUT2D eigenvalue weighted by Crippen LogP contribution is 2.35. The van der Waals surface area contributed by atoms with E-state index in [2.05, 4.69) is 0 Å². The molecule has 1 N–H and O–H groups in total. The third-order valence-electron chi connectivity index (χ3n) is 4.70. The molecule has 1 fully saturated rings. The maximum Gasteiger partial charge on any atom is 0.308 e. The number of likely N-dealkylation sites (tertiary alicyclic amines) is 1. The van der Waals surface area contributed by atoms with Crippen LogP contribution in [-0.4, -0.2) is 41.1 Å². The van der Waals surface area contributed by atoms with Crippen molar-refractivity contribution in [3.63, 3.8) is 0 Å². The van der Waals surface area contributed by atoms with Gasteiger partial charge in [-0.05, 0) is 43.7 Å². The van der Waals surface area contributed by atoms with Crippen molar-refractivity contribution in [3.05, 3.63) is 64.7 Å². The first kappa shape index (κ1) is 19.2. The number of carboxylic acids is 1. The summed E-state index contributed by atoms with van der Waals surface area (Å²) in [5, 5.41) is 10.2. The molecule has 0 saturated carbocycles. The van der Waals surface area contributed by atoms with Gasteiger partial charge in [0.2, 0.25) is 0 Å². The molecule has 0 bridgehead atoms. The van der Waals surface area contributed by atoms with Gasteiger partial charge in [-0.3, -0.25) is 9.59 Å². The van der Waals surface area contributed by atoms with E-state index in [4.69, 9.17) is 16.3 Å². The largest absolute Gasteiger partial charge is 0.490 e. The zero-order valence-corrected chi connectivity index (χ0v) is 16.0. The standard InChI is InChI=1S/C21H22ClNO4/c1-13(2)27-19-6-4-3-5-16(19)20(24)23-11-17(18(12-23)21(25)26)14-7-9-15(22)10-8-14/h3-10,13,17-18H,11-12H2,1-2H3,(H,25,26)/t17-,18+/m0/s1. The van der Waals surface area contributed by atoms with Crippen LogP contribution in [0.3, 0.4) is 0 Å². The summed E-state index contributed by atoms with van der Waals surface area (Å²) in [4.78, 5) is 26.5. The minimum Gasteiger partial charge on any atom is -0.490 e. The van der Waals surface area contributed by atoms with Crippen molar-refractivity contribution in [2.75, 3.05) is 13.1 Å². The number of nitrogens with zero attached hydrogens (tertiary/aromatic N) is 1. The molecule has 1 aliphatic rings. The van der Waals surface area contributed by atoms with Crippen molar-refractivity contribution in [1.29, 1.82) is 0 Å². The number of hydrogen-bond donors (Lipinski definition) is 1. The van der Waals surface area contributed by atoms with Crippen LogP contribution >= 0.6 is 11.6 Å². The van der Waals surface area contributed by atoms with Crippen molar-refractivity contribution in [3.8, 4) is 5.75 Å². The Morgan fingerprint density at radius 2 is 1.78 bits per heavy atom. The maximum absolute atomic E-state index is 13.1. The van der Waals surface area contributed by atoms with Gasteiger partial charge >= 0.3 is 5.97 Å². The molecule has 0 radical (unpaired) electrons. The molecule has 0 spiro atoms. The summed E-state index contributed by atoms with van der Waals surface area (Å²) in [6.07, 6.45) is -0.0638. The van der Waals surface area contributed by atoms with Gasteiger partial charge in [-0.1, -0.05) is 35.9 Å². The normalized spacial score (nSPS) is 19.3. The number of carbonyl (C=O) groups is 2. The molecule has 1 saturated heterocycles. The smallest absolute Gasteiger partial charge is 0.308 e. The molecule has 2 atom stereocenters. The molecular weight excluding hydrogens is 366 g/mol. The number of carbonyl (C=O) groups excluding carboxylic acids is 1. The monoisotopic (exact) mass is 387 g/mol. The number of halogens is 1. The van der Waals surface area contributed by atoms with E-state index in [1.165, 1.54) is 0 Å². The number of amides is 1. The average molecular weight is 388 g/mol. The van der Waals surface area contributed by atoms with Gasteiger partial charge in [-0.25, -0.2) is 0 Å². The number of para-hydroxylation sites is 1. The van der Waals surface area contributed by atoms with Gasteiger partial charge in [0.15, 0.2) is 0 Å². The van der Waals surface area contributed by atoms with Gasteiger partial charge in [0, 0.05) is 24.0 Å². The van der Waals surface area contributed by atoms with Gasteiger partial charge in [-0.15, -0.1) is 0 Å². The fourth-order valence-corrected chi connectivity index (χ4v) is 3.56. The summed E-state index contributed by atoms with van der Waals surface area (Å²) >= 11 is 5.94. The highest BCUT2D eigenvalue weighted by atomic mass is 35.5. The van der Waals surface area contributed by atoms with Gasteiger partial charge in [-0.2, -0.15) is 0 Å². The van der Waals surface area contributed by atoms with Crippen LogP contribution in [0.4, 0.5) is 0 Å². The summed E-state index contributed by atoms with van der Waals surface area (Å²) in [6, 6.07) is 14.2. The van der Waals surface area contributed by atoms with E-state index in [0.717, 1.165) is 5.56 Å². The lowest BCUT2D eigenvalue weighted by Crippen LogP contribution is -2.30. The molecule has 1 amide bonds. The molecular formula is C21H22ClNO4. The summed E-state index contributed by atoms with van der Waals surface area (Å²) < 4.78 is 5.75. The lowest BCUT2D eigenvalue weighted by atomic mass is 9.89. The first-order valence-electron chi connectivity index (χ1n) is 8.90. The Morgan fingerprint density at radius 1 is 1.11 bits per heavy atom. The van der Waals surface area contributed by atoms with Gasteiger partial charge in [0.05, 0.1) is 17.6 Å². The van der Waals surface area contributed by atoms with E-state index in [1.807, 2.05) is 32.0 Å². The second-order valence-corrected chi connectivity index (χ2v) is 7.41. The van der Waals surface area contributed by atoms with Gasteiger partial charge < -0.3 is 14.7 Å². The lowest BCUT2D eigenvalue weighted by Gasteiger charge is -2.19. The van der Waals surface area contributed by atoms with Crippen LogP contribution < -0.4 is 4.74 Å². The number of rotatable bonds is 5. The van der Waals surface area contributed by atoms with Crippen LogP contribution in [0.15, 0.2) is 48.5 Å². The Kier molecular flexibility index (Phi) is 5.71. The molecule has 2 aromatic rings. The fourth-order valence-electron chi connectivity index (χ4n) is 3.44. The molecule has 0 aromatic heterocycles. The molecule has 3 rings (SSSR count). The summed E-state index contributed by atoms with van der Waals surface area (Å²) in [5.41, 5.74) is 1.32. The zero-order valence-electron chi connectivity index (χ0n) is 15.3. The number of carboxylic acid groups (broad SMARTS) is 1. The van der Waals surface area contributed by atoms with E-state index in [0.29, 0.717) is 22.9 Å². The van der Waals surface area contributed by atoms with Crippen LogP contribution in [0, 0.1) is 5.92 Å². The second kappa shape index (κ2) is 8.01. The Hall–Kier alpha value is -2.53. The van der Waals surface area contributed by atoms with Crippen LogP contribution in [0.25, 0.3) is 0 Å². The molecule has 6 heteroatoms. The summed E-state index contributed by atoms with van der Waals surface area (Å²) in [6.45, 7) is 4.30. The highest BCUT2D eigenvalue weighted by Gasteiger charge is 2.41.